The third-order valence-electron chi connectivity index (χ3n) is 2.32. The molecular formula is C12H14Cl2N2O3. The number of amides is 1. The molecule has 0 saturated carbocycles. The Bertz CT molecular complexity index is 466. The molecule has 0 radical (unpaired) electrons. The van der Waals surface area contributed by atoms with Crippen LogP contribution in [0.2, 0.25) is 5.02 Å². The van der Waals surface area contributed by atoms with Crippen LogP contribution in [0.3, 0.4) is 0 Å². The van der Waals surface area contributed by atoms with Crippen LogP contribution in [0, 0.1) is 0 Å². The first kappa shape index (κ1) is 15.7. The fourth-order valence-corrected chi connectivity index (χ4v) is 1.73. The average Bonchev–Trinajstić information content (AvgIpc) is 2.40. The van der Waals surface area contributed by atoms with Crippen LogP contribution in [0.25, 0.3) is 0 Å². The molecule has 0 unspecified atom stereocenters. The lowest BCUT2D eigenvalue weighted by molar-refractivity contribution is -0.116. The number of esters is 1. The van der Waals surface area contributed by atoms with Crippen molar-refractivity contribution < 1.29 is 14.3 Å². The minimum absolute atomic E-state index is 0.162. The first-order chi connectivity index (χ1) is 9.08. The van der Waals surface area contributed by atoms with Crippen LogP contribution >= 0.6 is 23.2 Å². The number of methoxy groups -OCH3 is 1. The molecule has 0 aliphatic rings. The van der Waals surface area contributed by atoms with Crippen LogP contribution in [0.1, 0.15) is 29.6 Å². The van der Waals surface area contributed by atoms with Gasteiger partial charge in [-0.2, -0.15) is 0 Å². The maximum Gasteiger partial charge on any atom is 0.339 e. The van der Waals surface area contributed by atoms with Crippen LogP contribution in [0.15, 0.2) is 12.3 Å². The Morgan fingerprint density at radius 2 is 2.16 bits per heavy atom. The minimum atomic E-state index is -0.579. The molecule has 0 saturated heterocycles. The maximum atomic E-state index is 11.6. The van der Waals surface area contributed by atoms with Gasteiger partial charge in [0.15, 0.2) is 0 Å². The number of alkyl halides is 1. The van der Waals surface area contributed by atoms with Gasteiger partial charge in [0, 0.05) is 18.5 Å². The second-order valence-electron chi connectivity index (χ2n) is 3.74. The molecule has 0 fully saturated rings. The van der Waals surface area contributed by atoms with Gasteiger partial charge in [-0.15, -0.1) is 11.6 Å². The van der Waals surface area contributed by atoms with Crippen LogP contribution in [0.5, 0.6) is 0 Å². The molecule has 5 nitrogen and oxygen atoms in total. The lowest BCUT2D eigenvalue weighted by Gasteiger charge is -2.07. The predicted molar refractivity (Wildman–Crippen MR) is 73.8 cm³/mol. The summed E-state index contributed by atoms with van der Waals surface area (Å²) in [6.07, 6.45) is 3.12. The summed E-state index contributed by atoms with van der Waals surface area (Å²) in [6.45, 7) is 0. The number of nitrogens with zero attached hydrogens (tertiary/aromatic N) is 1. The largest absolute Gasteiger partial charge is 0.465 e. The van der Waals surface area contributed by atoms with Gasteiger partial charge < -0.3 is 10.1 Å². The summed E-state index contributed by atoms with van der Waals surface area (Å²) in [5.41, 5.74) is 0.162. The van der Waals surface area contributed by atoms with Crippen molar-refractivity contribution in [2.24, 2.45) is 0 Å². The molecule has 0 aromatic carbocycles. The second kappa shape index (κ2) is 7.96. The molecular weight excluding hydrogens is 291 g/mol. The lowest BCUT2D eigenvalue weighted by atomic mass is 10.2. The zero-order valence-corrected chi connectivity index (χ0v) is 11.9. The number of rotatable bonds is 6. The van der Waals surface area contributed by atoms with Crippen LogP contribution < -0.4 is 5.32 Å². The van der Waals surface area contributed by atoms with Crippen LogP contribution in [-0.2, 0) is 9.53 Å². The van der Waals surface area contributed by atoms with E-state index in [4.69, 9.17) is 23.2 Å². The molecule has 1 amide bonds. The van der Waals surface area contributed by atoms with Gasteiger partial charge in [-0.05, 0) is 18.9 Å². The van der Waals surface area contributed by atoms with E-state index in [0.29, 0.717) is 18.7 Å². The number of carbonyl (C=O) groups is 2. The van der Waals surface area contributed by atoms with Crippen molar-refractivity contribution in [2.45, 2.75) is 19.3 Å². The van der Waals surface area contributed by atoms with Crippen molar-refractivity contribution in [3.8, 4) is 0 Å². The Hall–Kier alpha value is -1.33. The van der Waals surface area contributed by atoms with Crippen LogP contribution in [-0.4, -0.2) is 29.9 Å². The quantitative estimate of drug-likeness (QED) is 0.498. The molecule has 1 N–H and O–H groups in total. The summed E-state index contributed by atoms with van der Waals surface area (Å²) < 4.78 is 4.58. The summed E-state index contributed by atoms with van der Waals surface area (Å²) in [7, 11) is 1.25. The zero-order chi connectivity index (χ0) is 14.3. The molecule has 1 aromatic heterocycles. The van der Waals surface area contributed by atoms with Crippen LogP contribution in [0.4, 0.5) is 5.82 Å². The maximum absolute atomic E-state index is 11.6. The van der Waals surface area contributed by atoms with Gasteiger partial charge in [0.05, 0.1) is 17.7 Å². The summed E-state index contributed by atoms with van der Waals surface area (Å²) in [4.78, 5) is 26.9. The molecule has 1 rings (SSSR count). The van der Waals surface area contributed by atoms with Gasteiger partial charge in [0.2, 0.25) is 5.91 Å². The summed E-state index contributed by atoms with van der Waals surface area (Å²) >= 11 is 11.3. The van der Waals surface area contributed by atoms with Gasteiger partial charge in [-0.25, -0.2) is 9.78 Å². The number of hydrogen-bond donors (Lipinski definition) is 1. The summed E-state index contributed by atoms with van der Waals surface area (Å²) in [6, 6.07) is 1.38. The van der Waals surface area contributed by atoms with Crippen molar-refractivity contribution in [3.63, 3.8) is 0 Å². The molecule has 104 valence electrons. The topological polar surface area (TPSA) is 68.3 Å². The molecule has 1 aromatic rings. The molecule has 0 atom stereocenters. The molecule has 0 bridgehead atoms. The highest BCUT2D eigenvalue weighted by atomic mass is 35.5. The molecule has 19 heavy (non-hydrogen) atoms. The third-order valence-corrected chi connectivity index (χ3v) is 2.88. The van der Waals surface area contributed by atoms with Crippen molar-refractivity contribution in [1.29, 1.82) is 0 Å². The number of unbranched alkanes of at least 4 members (excludes halogenated alkanes) is 1. The van der Waals surface area contributed by atoms with Crippen molar-refractivity contribution in [3.05, 3.63) is 22.8 Å². The van der Waals surface area contributed by atoms with E-state index in [1.165, 1.54) is 19.4 Å². The molecule has 0 aliphatic heterocycles. The van der Waals surface area contributed by atoms with Gasteiger partial charge in [0.1, 0.15) is 5.82 Å². The zero-order valence-electron chi connectivity index (χ0n) is 10.4. The fraction of sp³-hybridized carbons (Fsp3) is 0.417. The number of ether oxygens (including phenoxy) is 1. The number of nitrogens with one attached hydrogen (secondary N) is 1. The van der Waals surface area contributed by atoms with E-state index in [2.05, 4.69) is 15.0 Å². The van der Waals surface area contributed by atoms with Gasteiger partial charge in [0.25, 0.3) is 0 Å². The molecule has 1 heterocycles. The Morgan fingerprint density at radius 1 is 1.42 bits per heavy atom. The Balaban J connectivity index is 2.69. The minimum Gasteiger partial charge on any atom is -0.465 e. The second-order valence-corrected chi connectivity index (χ2v) is 4.52. The van der Waals surface area contributed by atoms with Crippen molar-refractivity contribution in [1.82, 2.24) is 4.98 Å². The van der Waals surface area contributed by atoms with E-state index in [-0.39, 0.29) is 22.3 Å². The summed E-state index contributed by atoms with van der Waals surface area (Å²) in [5.74, 6) is 0.0281. The van der Waals surface area contributed by atoms with E-state index < -0.39 is 5.97 Å². The fourth-order valence-electron chi connectivity index (χ4n) is 1.36. The van der Waals surface area contributed by atoms with E-state index in [9.17, 15) is 9.59 Å². The molecule has 0 spiro atoms. The number of aromatic nitrogens is 1. The average molecular weight is 305 g/mol. The number of carbonyl (C=O) groups excluding carboxylic acids is 2. The Morgan fingerprint density at radius 3 is 2.79 bits per heavy atom. The Kier molecular flexibility index (Phi) is 6.59. The van der Waals surface area contributed by atoms with Gasteiger partial charge >= 0.3 is 5.97 Å². The third kappa shape index (κ3) is 5.04. The first-order valence-corrected chi connectivity index (χ1v) is 6.59. The molecule has 7 heteroatoms. The normalized spacial score (nSPS) is 10.1. The van der Waals surface area contributed by atoms with Gasteiger partial charge in [-0.1, -0.05) is 11.6 Å². The van der Waals surface area contributed by atoms with E-state index in [1.807, 2.05) is 0 Å². The predicted octanol–water partition coefficient (Wildman–Crippen LogP) is 2.87. The van der Waals surface area contributed by atoms with Crippen molar-refractivity contribution in [2.75, 3.05) is 18.3 Å². The smallest absolute Gasteiger partial charge is 0.339 e. The van der Waals surface area contributed by atoms with Crippen molar-refractivity contribution >= 4 is 40.9 Å². The molecule has 0 aliphatic carbocycles. The number of anilines is 1. The monoisotopic (exact) mass is 304 g/mol. The van der Waals surface area contributed by atoms with E-state index in [0.717, 1.165) is 6.42 Å². The lowest BCUT2D eigenvalue weighted by Crippen LogP contribution is -2.13. The summed E-state index contributed by atoms with van der Waals surface area (Å²) in [5, 5.41) is 2.76. The number of halogens is 2. The number of hydrogen-bond acceptors (Lipinski definition) is 4. The standard InChI is InChI=1S/C12H14Cl2N2O3/c1-19-12(18)8-6-10(15-7-9(8)14)16-11(17)4-2-3-5-13/h6-7H,2-5H2,1H3,(H,15,16,17). The SMILES string of the molecule is COC(=O)c1cc(NC(=O)CCCCCl)ncc1Cl. The highest BCUT2D eigenvalue weighted by Crippen LogP contribution is 2.19. The number of pyridine rings is 1. The van der Waals surface area contributed by atoms with Gasteiger partial charge in [-0.3, -0.25) is 4.79 Å². The highest BCUT2D eigenvalue weighted by molar-refractivity contribution is 6.33. The van der Waals surface area contributed by atoms with E-state index in [1.54, 1.807) is 0 Å². The first-order valence-electron chi connectivity index (χ1n) is 5.68. The highest BCUT2D eigenvalue weighted by Gasteiger charge is 2.13. The van der Waals surface area contributed by atoms with E-state index >= 15 is 0 Å². The Labute approximate surface area is 121 Å².